The fraction of sp³-hybridized carbons (Fsp3) is 0.500. The predicted octanol–water partition coefficient (Wildman–Crippen LogP) is 3.36. The van der Waals surface area contributed by atoms with Crippen LogP contribution >= 0.6 is 39.9 Å². The number of amides is 1. The SMILES string of the molecule is CCNC(=NCCC(=O)Nc1ccc(Br)cc1)NC1CC1C.I. The number of halogens is 2. The van der Waals surface area contributed by atoms with Gasteiger partial charge in [-0.1, -0.05) is 22.9 Å². The first-order valence-corrected chi connectivity index (χ1v) is 8.48. The zero-order valence-corrected chi connectivity index (χ0v) is 17.4. The van der Waals surface area contributed by atoms with Gasteiger partial charge in [0.15, 0.2) is 5.96 Å². The number of carbonyl (C=O) groups excluding carboxylic acids is 1. The van der Waals surface area contributed by atoms with Crippen molar-refractivity contribution >= 4 is 57.5 Å². The Bertz CT molecular complexity index is 535. The Morgan fingerprint density at radius 1 is 1.35 bits per heavy atom. The summed E-state index contributed by atoms with van der Waals surface area (Å²) in [4.78, 5) is 16.3. The van der Waals surface area contributed by atoms with Crippen molar-refractivity contribution < 1.29 is 4.79 Å². The van der Waals surface area contributed by atoms with Crippen LogP contribution in [-0.4, -0.2) is 31.0 Å². The number of anilines is 1. The first kappa shape index (κ1) is 20.2. The topological polar surface area (TPSA) is 65.5 Å². The van der Waals surface area contributed by atoms with Crippen LogP contribution in [0.15, 0.2) is 33.7 Å². The maximum Gasteiger partial charge on any atom is 0.226 e. The molecule has 1 amide bonds. The zero-order chi connectivity index (χ0) is 15.9. The second-order valence-electron chi connectivity index (χ2n) is 5.53. The van der Waals surface area contributed by atoms with Crippen LogP contribution in [0, 0.1) is 5.92 Å². The largest absolute Gasteiger partial charge is 0.357 e. The molecule has 0 aliphatic heterocycles. The van der Waals surface area contributed by atoms with Crippen molar-refractivity contribution in [2.75, 3.05) is 18.4 Å². The molecule has 1 aliphatic carbocycles. The van der Waals surface area contributed by atoms with E-state index in [-0.39, 0.29) is 29.9 Å². The molecular formula is C16H24BrIN4O. The minimum atomic E-state index is -0.0262. The zero-order valence-electron chi connectivity index (χ0n) is 13.4. The number of hydrogen-bond acceptors (Lipinski definition) is 2. The summed E-state index contributed by atoms with van der Waals surface area (Å²) in [5.74, 6) is 1.49. The van der Waals surface area contributed by atoms with Crippen molar-refractivity contribution in [3.05, 3.63) is 28.7 Å². The van der Waals surface area contributed by atoms with Gasteiger partial charge in [-0.05, 0) is 43.5 Å². The summed E-state index contributed by atoms with van der Waals surface area (Å²) < 4.78 is 0.991. The first-order chi connectivity index (χ1) is 10.6. The molecule has 1 fully saturated rings. The summed E-state index contributed by atoms with van der Waals surface area (Å²) in [7, 11) is 0. The van der Waals surface area contributed by atoms with Gasteiger partial charge in [-0.2, -0.15) is 0 Å². The second kappa shape index (κ2) is 10.1. The molecule has 1 aromatic carbocycles. The molecule has 3 N–H and O–H groups in total. The molecule has 2 atom stereocenters. The van der Waals surface area contributed by atoms with Gasteiger partial charge in [0.05, 0.1) is 6.54 Å². The lowest BCUT2D eigenvalue weighted by molar-refractivity contribution is -0.116. The van der Waals surface area contributed by atoms with Crippen molar-refractivity contribution in [1.82, 2.24) is 10.6 Å². The number of guanidine groups is 1. The highest BCUT2D eigenvalue weighted by Crippen LogP contribution is 2.28. The van der Waals surface area contributed by atoms with Gasteiger partial charge in [0.2, 0.25) is 5.91 Å². The van der Waals surface area contributed by atoms with E-state index in [1.807, 2.05) is 31.2 Å². The lowest BCUT2D eigenvalue weighted by atomic mass is 10.3. The number of hydrogen-bond donors (Lipinski definition) is 3. The van der Waals surface area contributed by atoms with E-state index in [9.17, 15) is 4.79 Å². The normalized spacial score (nSPS) is 19.5. The third-order valence-corrected chi connectivity index (χ3v) is 4.04. The highest BCUT2D eigenvalue weighted by molar-refractivity contribution is 14.0. The van der Waals surface area contributed by atoms with E-state index in [2.05, 4.69) is 43.8 Å². The number of carbonyl (C=O) groups is 1. The van der Waals surface area contributed by atoms with E-state index in [1.165, 1.54) is 6.42 Å². The highest BCUT2D eigenvalue weighted by atomic mass is 127. The van der Waals surface area contributed by atoms with Crippen LogP contribution in [0.25, 0.3) is 0 Å². The fourth-order valence-corrected chi connectivity index (χ4v) is 2.31. The molecule has 0 radical (unpaired) electrons. The Morgan fingerprint density at radius 2 is 2.00 bits per heavy atom. The third kappa shape index (κ3) is 7.52. The summed E-state index contributed by atoms with van der Waals surface area (Å²) in [6.45, 7) is 5.54. The Balaban J connectivity index is 0.00000264. The molecule has 2 unspecified atom stereocenters. The van der Waals surface area contributed by atoms with Gasteiger partial charge in [0.1, 0.15) is 0 Å². The molecule has 0 aromatic heterocycles. The molecule has 5 nitrogen and oxygen atoms in total. The van der Waals surface area contributed by atoms with Gasteiger partial charge in [-0.3, -0.25) is 9.79 Å². The number of nitrogens with one attached hydrogen (secondary N) is 3. The van der Waals surface area contributed by atoms with E-state index in [0.717, 1.165) is 22.7 Å². The standard InChI is InChI=1S/C16H23BrN4O.HI/c1-3-18-16(21-14-10-11(14)2)19-9-8-15(22)20-13-6-4-12(17)5-7-13;/h4-7,11,14H,3,8-10H2,1-2H3,(H,20,22)(H2,18,19,21);1H. The van der Waals surface area contributed by atoms with Crippen molar-refractivity contribution in [2.45, 2.75) is 32.7 Å². The van der Waals surface area contributed by atoms with E-state index in [0.29, 0.717) is 24.9 Å². The Labute approximate surface area is 163 Å². The number of rotatable bonds is 6. The van der Waals surface area contributed by atoms with Crippen molar-refractivity contribution in [3.63, 3.8) is 0 Å². The molecule has 0 bridgehead atoms. The van der Waals surface area contributed by atoms with Gasteiger partial charge >= 0.3 is 0 Å². The summed E-state index contributed by atoms with van der Waals surface area (Å²) in [6, 6.07) is 8.06. The molecule has 0 saturated heterocycles. The van der Waals surface area contributed by atoms with E-state index >= 15 is 0 Å². The predicted molar refractivity (Wildman–Crippen MR) is 109 cm³/mol. The maximum absolute atomic E-state index is 11.9. The van der Waals surface area contributed by atoms with E-state index in [4.69, 9.17) is 0 Å². The quantitative estimate of drug-likeness (QED) is 0.323. The molecule has 1 aromatic rings. The van der Waals surface area contributed by atoms with Crippen LogP contribution in [0.5, 0.6) is 0 Å². The summed E-state index contributed by atoms with van der Waals surface area (Å²) in [5, 5.41) is 9.44. The van der Waals surface area contributed by atoms with Gasteiger partial charge < -0.3 is 16.0 Å². The van der Waals surface area contributed by atoms with Crippen LogP contribution in [0.2, 0.25) is 0 Å². The molecule has 1 aliphatic rings. The lowest BCUT2D eigenvalue weighted by Gasteiger charge is -2.10. The molecule has 7 heteroatoms. The average molecular weight is 495 g/mol. The molecular weight excluding hydrogens is 471 g/mol. The number of benzene rings is 1. The molecule has 23 heavy (non-hydrogen) atoms. The lowest BCUT2D eigenvalue weighted by Crippen LogP contribution is -2.39. The summed E-state index contributed by atoms with van der Waals surface area (Å²) in [5.41, 5.74) is 0.800. The molecule has 0 heterocycles. The summed E-state index contributed by atoms with van der Waals surface area (Å²) in [6.07, 6.45) is 1.56. The summed E-state index contributed by atoms with van der Waals surface area (Å²) >= 11 is 3.37. The van der Waals surface area contributed by atoms with Crippen LogP contribution in [0.1, 0.15) is 26.7 Å². The molecule has 1 saturated carbocycles. The Morgan fingerprint density at radius 3 is 2.57 bits per heavy atom. The monoisotopic (exact) mass is 494 g/mol. The smallest absolute Gasteiger partial charge is 0.226 e. The third-order valence-electron chi connectivity index (χ3n) is 3.51. The fourth-order valence-electron chi connectivity index (χ4n) is 2.04. The van der Waals surface area contributed by atoms with E-state index in [1.54, 1.807) is 0 Å². The van der Waals surface area contributed by atoms with E-state index < -0.39 is 0 Å². The average Bonchev–Trinajstić information content (AvgIpc) is 3.17. The van der Waals surface area contributed by atoms with Crippen molar-refractivity contribution in [2.24, 2.45) is 10.9 Å². The number of nitrogens with zero attached hydrogens (tertiary/aromatic N) is 1. The Hall–Kier alpha value is -0.830. The van der Waals surface area contributed by atoms with Crippen molar-refractivity contribution in [1.29, 1.82) is 0 Å². The van der Waals surface area contributed by atoms with Gasteiger partial charge in [0, 0.05) is 29.2 Å². The second-order valence-corrected chi connectivity index (χ2v) is 6.45. The van der Waals surface area contributed by atoms with Crippen molar-refractivity contribution in [3.8, 4) is 0 Å². The van der Waals surface area contributed by atoms with Gasteiger partial charge in [-0.15, -0.1) is 24.0 Å². The molecule has 128 valence electrons. The first-order valence-electron chi connectivity index (χ1n) is 7.68. The maximum atomic E-state index is 11.9. The Kier molecular flexibility index (Phi) is 8.90. The van der Waals surface area contributed by atoms with Crippen LogP contribution in [-0.2, 0) is 4.79 Å². The van der Waals surface area contributed by atoms with Gasteiger partial charge in [0.25, 0.3) is 0 Å². The highest BCUT2D eigenvalue weighted by Gasteiger charge is 2.33. The van der Waals surface area contributed by atoms with Gasteiger partial charge in [-0.25, -0.2) is 0 Å². The minimum absolute atomic E-state index is 0. The van der Waals surface area contributed by atoms with Crippen LogP contribution in [0.3, 0.4) is 0 Å². The van der Waals surface area contributed by atoms with Crippen LogP contribution < -0.4 is 16.0 Å². The molecule has 2 rings (SSSR count). The molecule has 0 spiro atoms. The minimum Gasteiger partial charge on any atom is -0.357 e. The number of aliphatic imine (C=N–C) groups is 1. The van der Waals surface area contributed by atoms with Crippen LogP contribution in [0.4, 0.5) is 5.69 Å².